The Kier molecular flexibility index (Phi) is 6.25. The molecule has 0 amide bonds. The number of Topliss-reactive ketones (excluding diaryl/α,β-unsaturated/α-hetero) is 1. The first-order valence-electron chi connectivity index (χ1n) is 4.35. The molecule has 0 radical (unpaired) electrons. The van der Waals surface area contributed by atoms with Crippen LogP contribution >= 0.6 is 0 Å². The smallest absolute Gasteiger partial charge is 0.142 e. The SMILES string of the molecule is CCC(C)C(=O)CC/C=C/C=O. The van der Waals surface area contributed by atoms with Crippen LogP contribution in [0.15, 0.2) is 12.2 Å². The van der Waals surface area contributed by atoms with Gasteiger partial charge in [-0.1, -0.05) is 19.9 Å². The van der Waals surface area contributed by atoms with Gasteiger partial charge in [0, 0.05) is 12.3 Å². The summed E-state index contributed by atoms with van der Waals surface area (Å²) in [5.74, 6) is 0.447. The quantitative estimate of drug-likeness (QED) is 0.450. The van der Waals surface area contributed by atoms with E-state index in [-0.39, 0.29) is 11.7 Å². The van der Waals surface area contributed by atoms with Crippen molar-refractivity contribution in [1.29, 1.82) is 0 Å². The lowest BCUT2D eigenvalue weighted by Gasteiger charge is -2.04. The minimum absolute atomic E-state index is 0.162. The highest BCUT2D eigenvalue weighted by molar-refractivity contribution is 5.80. The number of carbonyl (C=O) groups is 2. The molecule has 0 aliphatic rings. The molecule has 0 heterocycles. The van der Waals surface area contributed by atoms with Crippen molar-refractivity contribution in [3.05, 3.63) is 12.2 Å². The molecule has 2 nitrogen and oxygen atoms in total. The minimum Gasteiger partial charge on any atom is -0.299 e. The van der Waals surface area contributed by atoms with Crippen molar-refractivity contribution in [2.24, 2.45) is 5.92 Å². The van der Waals surface area contributed by atoms with E-state index < -0.39 is 0 Å². The second-order valence-corrected chi connectivity index (χ2v) is 2.88. The highest BCUT2D eigenvalue weighted by Crippen LogP contribution is 2.06. The Morgan fingerprint density at radius 1 is 1.50 bits per heavy atom. The predicted octanol–water partition coefficient (Wildman–Crippen LogP) is 2.14. The van der Waals surface area contributed by atoms with Gasteiger partial charge in [-0.25, -0.2) is 0 Å². The molecule has 0 saturated heterocycles. The third-order valence-electron chi connectivity index (χ3n) is 1.93. The van der Waals surface area contributed by atoms with Crippen molar-refractivity contribution < 1.29 is 9.59 Å². The zero-order valence-electron chi connectivity index (χ0n) is 7.75. The lowest BCUT2D eigenvalue weighted by molar-refractivity contribution is -0.122. The van der Waals surface area contributed by atoms with Crippen LogP contribution < -0.4 is 0 Å². The average Bonchev–Trinajstić information content (AvgIpc) is 2.10. The average molecular weight is 168 g/mol. The molecular weight excluding hydrogens is 152 g/mol. The van der Waals surface area contributed by atoms with Crippen LogP contribution in [-0.2, 0) is 9.59 Å². The van der Waals surface area contributed by atoms with E-state index in [1.807, 2.05) is 13.8 Å². The molecule has 12 heavy (non-hydrogen) atoms. The zero-order chi connectivity index (χ0) is 9.40. The lowest BCUT2D eigenvalue weighted by Crippen LogP contribution is -2.08. The Labute approximate surface area is 73.7 Å². The summed E-state index contributed by atoms with van der Waals surface area (Å²) in [4.78, 5) is 21.1. The van der Waals surface area contributed by atoms with Gasteiger partial charge in [0.15, 0.2) is 0 Å². The lowest BCUT2D eigenvalue weighted by atomic mass is 10.00. The van der Waals surface area contributed by atoms with Crippen molar-refractivity contribution in [2.45, 2.75) is 33.1 Å². The fraction of sp³-hybridized carbons (Fsp3) is 0.600. The third-order valence-corrected chi connectivity index (χ3v) is 1.93. The molecule has 0 fully saturated rings. The van der Waals surface area contributed by atoms with Gasteiger partial charge in [0.1, 0.15) is 12.1 Å². The molecule has 1 atom stereocenters. The van der Waals surface area contributed by atoms with Gasteiger partial charge >= 0.3 is 0 Å². The molecule has 0 rings (SSSR count). The topological polar surface area (TPSA) is 34.1 Å². The van der Waals surface area contributed by atoms with Crippen LogP contribution in [0.4, 0.5) is 0 Å². The highest BCUT2D eigenvalue weighted by atomic mass is 16.1. The fourth-order valence-corrected chi connectivity index (χ4v) is 0.851. The van der Waals surface area contributed by atoms with E-state index in [2.05, 4.69) is 0 Å². The summed E-state index contributed by atoms with van der Waals surface area (Å²) in [5.41, 5.74) is 0. The first-order chi connectivity index (χ1) is 5.72. The van der Waals surface area contributed by atoms with Crippen molar-refractivity contribution in [1.82, 2.24) is 0 Å². The van der Waals surface area contributed by atoms with E-state index in [0.29, 0.717) is 12.8 Å². The van der Waals surface area contributed by atoms with Gasteiger partial charge < -0.3 is 0 Å². The summed E-state index contributed by atoms with van der Waals surface area (Å²) in [6, 6.07) is 0. The van der Waals surface area contributed by atoms with Crippen molar-refractivity contribution in [3.8, 4) is 0 Å². The second-order valence-electron chi connectivity index (χ2n) is 2.88. The normalized spacial score (nSPS) is 13.2. The number of rotatable bonds is 6. The van der Waals surface area contributed by atoms with Crippen LogP contribution in [-0.4, -0.2) is 12.1 Å². The summed E-state index contributed by atoms with van der Waals surface area (Å²) in [7, 11) is 0. The molecule has 0 aliphatic carbocycles. The largest absolute Gasteiger partial charge is 0.299 e. The summed E-state index contributed by atoms with van der Waals surface area (Å²) in [6.07, 6.45) is 6.03. The first-order valence-corrected chi connectivity index (χ1v) is 4.35. The molecular formula is C10H16O2. The molecule has 0 spiro atoms. The number of aldehydes is 1. The van der Waals surface area contributed by atoms with Gasteiger partial charge in [0.25, 0.3) is 0 Å². The van der Waals surface area contributed by atoms with Crippen LogP contribution in [0.2, 0.25) is 0 Å². The van der Waals surface area contributed by atoms with Gasteiger partial charge in [0.2, 0.25) is 0 Å². The maximum Gasteiger partial charge on any atom is 0.142 e. The predicted molar refractivity (Wildman–Crippen MR) is 48.9 cm³/mol. The van der Waals surface area contributed by atoms with Crippen LogP contribution in [0.5, 0.6) is 0 Å². The van der Waals surface area contributed by atoms with Crippen molar-refractivity contribution >= 4 is 12.1 Å². The Balaban J connectivity index is 3.56. The number of allylic oxidation sites excluding steroid dienone is 2. The first kappa shape index (κ1) is 11.1. The molecule has 0 aromatic carbocycles. The Bertz CT molecular complexity index is 171. The minimum atomic E-state index is 0.162. The van der Waals surface area contributed by atoms with E-state index in [1.54, 1.807) is 6.08 Å². The van der Waals surface area contributed by atoms with E-state index in [1.165, 1.54) is 6.08 Å². The zero-order valence-corrected chi connectivity index (χ0v) is 7.75. The number of ketones is 1. The second kappa shape index (κ2) is 6.77. The number of carbonyl (C=O) groups excluding carboxylic acids is 2. The summed E-state index contributed by atoms with van der Waals surface area (Å²) in [5, 5.41) is 0. The molecule has 1 unspecified atom stereocenters. The van der Waals surface area contributed by atoms with Gasteiger partial charge in [-0.05, 0) is 18.9 Å². The van der Waals surface area contributed by atoms with Gasteiger partial charge in [-0.3, -0.25) is 9.59 Å². The van der Waals surface area contributed by atoms with E-state index >= 15 is 0 Å². The van der Waals surface area contributed by atoms with Crippen LogP contribution in [0, 0.1) is 5.92 Å². The van der Waals surface area contributed by atoms with Gasteiger partial charge in [-0.15, -0.1) is 0 Å². The van der Waals surface area contributed by atoms with E-state index in [0.717, 1.165) is 12.7 Å². The summed E-state index contributed by atoms with van der Waals surface area (Å²) < 4.78 is 0. The third kappa shape index (κ3) is 4.83. The maximum atomic E-state index is 11.2. The van der Waals surface area contributed by atoms with E-state index in [4.69, 9.17) is 0 Å². The van der Waals surface area contributed by atoms with Crippen LogP contribution in [0.25, 0.3) is 0 Å². The molecule has 0 saturated carbocycles. The van der Waals surface area contributed by atoms with Gasteiger partial charge in [0.05, 0.1) is 0 Å². The molecule has 0 aromatic rings. The maximum absolute atomic E-state index is 11.2. The van der Waals surface area contributed by atoms with E-state index in [9.17, 15) is 9.59 Å². The van der Waals surface area contributed by atoms with Gasteiger partial charge in [-0.2, -0.15) is 0 Å². The number of hydrogen-bond acceptors (Lipinski definition) is 2. The van der Waals surface area contributed by atoms with Crippen LogP contribution in [0.3, 0.4) is 0 Å². The fourth-order valence-electron chi connectivity index (χ4n) is 0.851. The Hall–Kier alpha value is -0.920. The summed E-state index contributed by atoms with van der Waals surface area (Å²) >= 11 is 0. The molecule has 68 valence electrons. The highest BCUT2D eigenvalue weighted by Gasteiger charge is 2.08. The standard InChI is InChI=1S/C10H16O2/c1-3-9(2)10(12)7-5-4-6-8-11/h4,6,8-9H,3,5,7H2,1-2H3/b6-4+. The van der Waals surface area contributed by atoms with Crippen molar-refractivity contribution in [3.63, 3.8) is 0 Å². The molecule has 2 heteroatoms. The summed E-state index contributed by atoms with van der Waals surface area (Å²) in [6.45, 7) is 3.94. The molecule has 0 N–H and O–H groups in total. The van der Waals surface area contributed by atoms with Crippen molar-refractivity contribution in [2.75, 3.05) is 0 Å². The Morgan fingerprint density at radius 3 is 2.67 bits per heavy atom. The molecule has 0 aromatic heterocycles. The molecule has 0 aliphatic heterocycles. The number of hydrogen-bond donors (Lipinski definition) is 0. The Morgan fingerprint density at radius 2 is 2.17 bits per heavy atom. The van der Waals surface area contributed by atoms with Crippen LogP contribution in [0.1, 0.15) is 33.1 Å². The molecule has 0 bridgehead atoms. The monoisotopic (exact) mass is 168 g/mol.